The summed E-state index contributed by atoms with van der Waals surface area (Å²) in [5.74, 6) is 4.53. The van der Waals surface area contributed by atoms with Gasteiger partial charge in [0.25, 0.3) is 0 Å². The van der Waals surface area contributed by atoms with Crippen LogP contribution in [0.3, 0.4) is 0 Å². The third-order valence-corrected chi connectivity index (χ3v) is 7.22. The molecule has 0 aromatic carbocycles. The first kappa shape index (κ1) is 20.5. The smallest absolute Gasteiger partial charge is 0.223 e. The standard InChI is InChI=1S/C24H36N2O3/c1-18-17-21(18)22-10-8-20(29-22)9-12-24(28)26-15-13-25(14-16-26)23(27)11-7-19-5-3-2-4-6-19/h8,10,18-19,21H,2-7,9,11-17H2,1H3. The van der Waals surface area contributed by atoms with E-state index in [0.717, 1.165) is 29.8 Å². The average molecular weight is 401 g/mol. The molecule has 29 heavy (non-hydrogen) atoms. The highest BCUT2D eigenvalue weighted by molar-refractivity contribution is 5.78. The van der Waals surface area contributed by atoms with Crippen LogP contribution in [0, 0.1) is 11.8 Å². The van der Waals surface area contributed by atoms with Gasteiger partial charge in [0.05, 0.1) is 0 Å². The lowest BCUT2D eigenvalue weighted by atomic mass is 9.86. The van der Waals surface area contributed by atoms with Crippen LogP contribution >= 0.6 is 0 Å². The van der Waals surface area contributed by atoms with Crippen LogP contribution in [0.5, 0.6) is 0 Å². The molecule has 2 saturated carbocycles. The number of furan rings is 1. The second kappa shape index (κ2) is 9.36. The monoisotopic (exact) mass is 400 g/mol. The van der Waals surface area contributed by atoms with Gasteiger partial charge in [0.15, 0.2) is 0 Å². The Kier molecular flexibility index (Phi) is 6.61. The molecule has 1 aromatic heterocycles. The van der Waals surface area contributed by atoms with Crippen molar-refractivity contribution in [2.75, 3.05) is 26.2 Å². The number of hydrogen-bond acceptors (Lipinski definition) is 3. The maximum absolute atomic E-state index is 12.6. The predicted octanol–water partition coefficient (Wildman–Crippen LogP) is 4.37. The third kappa shape index (κ3) is 5.43. The molecular weight excluding hydrogens is 364 g/mol. The van der Waals surface area contributed by atoms with Crippen LogP contribution in [0.1, 0.15) is 82.1 Å². The zero-order valence-electron chi connectivity index (χ0n) is 17.9. The van der Waals surface area contributed by atoms with Gasteiger partial charge in [-0.2, -0.15) is 0 Å². The van der Waals surface area contributed by atoms with Crippen LogP contribution in [-0.2, 0) is 16.0 Å². The Balaban J connectivity index is 1.14. The van der Waals surface area contributed by atoms with Crippen molar-refractivity contribution in [2.45, 2.75) is 77.0 Å². The summed E-state index contributed by atoms with van der Waals surface area (Å²) in [5, 5.41) is 0. The van der Waals surface area contributed by atoms with E-state index in [2.05, 4.69) is 13.0 Å². The van der Waals surface area contributed by atoms with Crippen LogP contribution in [0.4, 0.5) is 0 Å². The number of carbonyl (C=O) groups is 2. The SMILES string of the molecule is CC1CC1c1ccc(CCC(=O)N2CCN(C(=O)CCC3CCCCC3)CC2)o1. The van der Waals surface area contributed by atoms with Gasteiger partial charge in [-0.1, -0.05) is 39.0 Å². The number of piperazine rings is 1. The average Bonchev–Trinajstić information content (AvgIpc) is 3.30. The summed E-state index contributed by atoms with van der Waals surface area (Å²) in [5.41, 5.74) is 0. The molecule has 5 nitrogen and oxygen atoms in total. The van der Waals surface area contributed by atoms with E-state index in [-0.39, 0.29) is 11.8 Å². The molecule has 2 aliphatic carbocycles. The number of aryl methyl sites for hydroxylation is 1. The molecular formula is C24H36N2O3. The van der Waals surface area contributed by atoms with Gasteiger partial charge >= 0.3 is 0 Å². The van der Waals surface area contributed by atoms with Crippen molar-refractivity contribution in [3.05, 3.63) is 23.7 Å². The van der Waals surface area contributed by atoms with E-state index in [9.17, 15) is 9.59 Å². The molecule has 1 aromatic rings. The van der Waals surface area contributed by atoms with Gasteiger partial charge < -0.3 is 14.2 Å². The van der Waals surface area contributed by atoms with Crippen LogP contribution in [-0.4, -0.2) is 47.8 Å². The number of hydrogen-bond donors (Lipinski definition) is 0. The molecule has 160 valence electrons. The minimum absolute atomic E-state index is 0.178. The van der Waals surface area contributed by atoms with Crippen molar-refractivity contribution in [1.82, 2.24) is 9.80 Å². The fourth-order valence-electron chi connectivity index (χ4n) is 5.00. The minimum Gasteiger partial charge on any atom is -0.466 e. The topological polar surface area (TPSA) is 53.8 Å². The Morgan fingerprint density at radius 2 is 1.59 bits per heavy atom. The fourth-order valence-corrected chi connectivity index (χ4v) is 5.00. The van der Waals surface area contributed by atoms with Crippen molar-refractivity contribution >= 4 is 11.8 Å². The first-order chi connectivity index (χ1) is 14.1. The van der Waals surface area contributed by atoms with E-state index in [4.69, 9.17) is 4.42 Å². The lowest BCUT2D eigenvalue weighted by Gasteiger charge is -2.35. The van der Waals surface area contributed by atoms with E-state index in [0.29, 0.717) is 51.4 Å². The Hall–Kier alpha value is -1.78. The first-order valence-electron chi connectivity index (χ1n) is 11.7. The molecule has 2 unspecified atom stereocenters. The van der Waals surface area contributed by atoms with E-state index < -0.39 is 0 Å². The fraction of sp³-hybridized carbons (Fsp3) is 0.750. The second-order valence-electron chi connectivity index (χ2n) is 9.43. The molecule has 5 heteroatoms. The molecule has 2 amide bonds. The van der Waals surface area contributed by atoms with Crippen molar-refractivity contribution in [3.63, 3.8) is 0 Å². The van der Waals surface area contributed by atoms with Crippen LogP contribution in [0.2, 0.25) is 0 Å². The van der Waals surface area contributed by atoms with Crippen molar-refractivity contribution in [1.29, 1.82) is 0 Å². The van der Waals surface area contributed by atoms with Crippen molar-refractivity contribution in [3.8, 4) is 0 Å². The molecule has 4 rings (SSSR count). The van der Waals surface area contributed by atoms with Crippen LogP contribution < -0.4 is 0 Å². The summed E-state index contributed by atoms with van der Waals surface area (Å²) in [6.07, 6.45) is 10.7. The van der Waals surface area contributed by atoms with Crippen molar-refractivity contribution in [2.24, 2.45) is 11.8 Å². The first-order valence-corrected chi connectivity index (χ1v) is 11.7. The largest absolute Gasteiger partial charge is 0.466 e. The molecule has 3 fully saturated rings. The van der Waals surface area contributed by atoms with E-state index >= 15 is 0 Å². The predicted molar refractivity (Wildman–Crippen MR) is 113 cm³/mol. The molecule has 1 aliphatic heterocycles. The van der Waals surface area contributed by atoms with E-state index in [1.54, 1.807) is 0 Å². The number of carbonyl (C=O) groups excluding carboxylic acids is 2. The van der Waals surface area contributed by atoms with Crippen LogP contribution in [0.15, 0.2) is 16.5 Å². The second-order valence-corrected chi connectivity index (χ2v) is 9.43. The molecule has 3 aliphatic rings. The number of amides is 2. The maximum atomic E-state index is 12.6. The van der Waals surface area contributed by atoms with Gasteiger partial charge in [0, 0.05) is 51.4 Å². The van der Waals surface area contributed by atoms with Gasteiger partial charge in [0.2, 0.25) is 11.8 Å². The van der Waals surface area contributed by atoms with Gasteiger partial charge in [-0.3, -0.25) is 9.59 Å². The highest BCUT2D eigenvalue weighted by atomic mass is 16.3. The summed E-state index contributed by atoms with van der Waals surface area (Å²) in [7, 11) is 0. The van der Waals surface area contributed by atoms with Gasteiger partial charge in [-0.25, -0.2) is 0 Å². The van der Waals surface area contributed by atoms with Gasteiger partial charge in [0.1, 0.15) is 11.5 Å². The summed E-state index contributed by atoms with van der Waals surface area (Å²) in [6.45, 7) is 4.93. The quantitative estimate of drug-likeness (QED) is 0.683. The lowest BCUT2D eigenvalue weighted by molar-refractivity contribution is -0.139. The molecule has 0 radical (unpaired) electrons. The van der Waals surface area contributed by atoms with E-state index in [1.165, 1.54) is 38.5 Å². The molecule has 2 heterocycles. The summed E-state index contributed by atoms with van der Waals surface area (Å²) in [4.78, 5) is 29.0. The zero-order chi connectivity index (χ0) is 20.2. The van der Waals surface area contributed by atoms with Gasteiger partial charge in [-0.05, 0) is 36.8 Å². The molecule has 0 N–H and O–H groups in total. The molecule has 0 bridgehead atoms. The van der Waals surface area contributed by atoms with Crippen LogP contribution in [0.25, 0.3) is 0 Å². The number of nitrogens with zero attached hydrogens (tertiary/aromatic N) is 2. The zero-order valence-corrected chi connectivity index (χ0v) is 17.9. The maximum Gasteiger partial charge on any atom is 0.223 e. The molecule has 0 spiro atoms. The normalized spacial score (nSPS) is 25.3. The summed E-state index contributed by atoms with van der Waals surface area (Å²) in [6, 6.07) is 4.10. The lowest BCUT2D eigenvalue weighted by Crippen LogP contribution is -2.50. The van der Waals surface area contributed by atoms with Crippen molar-refractivity contribution < 1.29 is 14.0 Å². The molecule has 2 atom stereocenters. The molecule has 1 saturated heterocycles. The van der Waals surface area contributed by atoms with Gasteiger partial charge in [-0.15, -0.1) is 0 Å². The highest BCUT2D eigenvalue weighted by Gasteiger charge is 2.36. The Morgan fingerprint density at radius 1 is 0.966 bits per heavy atom. The Morgan fingerprint density at radius 3 is 2.21 bits per heavy atom. The summed E-state index contributed by atoms with van der Waals surface area (Å²) < 4.78 is 5.92. The third-order valence-electron chi connectivity index (χ3n) is 7.22. The number of rotatable bonds is 7. The Labute approximate surface area is 174 Å². The highest BCUT2D eigenvalue weighted by Crippen LogP contribution is 2.47. The Bertz CT molecular complexity index is 699. The van der Waals surface area contributed by atoms with E-state index in [1.807, 2.05) is 15.9 Å². The minimum atomic E-state index is 0.178. The summed E-state index contributed by atoms with van der Waals surface area (Å²) >= 11 is 0.